The van der Waals surface area contributed by atoms with E-state index in [0.29, 0.717) is 0 Å². The lowest BCUT2D eigenvalue weighted by Crippen LogP contribution is -2.31. The van der Waals surface area contributed by atoms with Gasteiger partial charge < -0.3 is 11.1 Å². The summed E-state index contributed by atoms with van der Waals surface area (Å²) in [4.78, 5) is 0. The van der Waals surface area contributed by atoms with Crippen LogP contribution >= 0.6 is 0 Å². The summed E-state index contributed by atoms with van der Waals surface area (Å²) in [6.07, 6.45) is 1.06. The van der Waals surface area contributed by atoms with Gasteiger partial charge in [-0.3, -0.25) is 0 Å². The summed E-state index contributed by atoms with van der Waals surface area (Å²) >= 11 is 0. The van der Waals surface area contributed by atoms with Crippen LogP contribution in [-0.4, -0.2) is 13.1 Å². The molecule has 0 saturated heterocycles. The molecule has 1 aromatic carbocycles. The van der Waals surface area contributed by atoms with Crippen molar-refractivity contribution in [1.82, 2.24) is 5.32 Å². The van der Waals surface area contributed by atoms with Gasteiger partial charge in [0.1, 0.15) is 0 Å². The van der Waals surface area contributed by atoms with E-state index in [1.807, 2.05) is 0 Å². The standard InChI is InChI=1S/C16H28N2/c1-12-8-14(3)15(9-13(12)2)10-18-11-16(4,5)6-7-17/h8-9,18H,6-7,10-11,17H2,1-5H3. The minimum absolute atomic E-state index is 0.280. The Morgan fingerprint density at radius 3 is 2.28 bits per heavy atom. The largest absolute Gasteiger partial charge is 0.330 e. The van der Waals surface area contributed by atoms with Gasteiger partial charge in [-0.15, -0.1) is 0 Å². The molecule has 0 spiro atoms. The van der Waals surface area contributed by atoms with Crippen LogP contribution in [-0.2, 0) is 6.54 Å². The first-order valence-electron chi connectivity index (χ1n) is 6.83. The molecule has 3 N–H and O–H groups in total. The molecule has 2 heteroatoms. The zero-order valence-electron chi connectivity index (χ0n) is 12.6. The molecule has 0 heterocycles. The third-order valence-corrected chi connectivity index (χ3v) is 3.69. The fourth-order valence-electron chi connectivity index (χ4n) is 2.23. The van der Waals surface area contributed by atoms with Gasteiger partial charge in [0.15, 0.2) is 0 Å². The van der Waals surface area contributed by atoms with Gasteiger partial charge in [0.05, 0.1) is 0 Å². The van der Waals surface area contributed by atoms with Gasteiger partial charge >= 0.3 is 0 Å². The molecule has 18 heavy (non-hydrogen) atoms. The second-order valence-electron chi connectivity index (χ2n) is 6.17. The second kappa shape index (κ2) is 6.35. The Balaban J connectivity index is 2.57. The van der Waals surface area contributed by atoms with E-state index in [4.69, 9.17) is 5.73 Å². The molecule has 1 aromatic rings. The van der Waals surface area contributed by atoms with E-state index in [1.54, 1.807) is 0 Å². The van der Waals surface area contributed by atoms with Crippen molar-refractivity contribution in [3.8, 4) is 0 Å². The fraction of sp³-hybridized carbons (Fsp3) is 0.625. The van der Waals surface area contributed by atoms with Crippen molar-refractivity contribution in [3.63, 3.8) is 0 Å². The molecule has 0 radical (unpaired) electrons. The highest BCUT2D eigenvalue weighted by atomic mass is 14.9. The zero-order chi connectivity index (χ0) is 13.8. The molecular weight excluding hydrogens is 220 g/mol. The Morgan fingerprint density at radius 2 is 1.67 bits per heavy atom. The molecule has 0 saturated carbocycles. The summed E-state index contributed by atoms with van der Waals surface area (Å²) in [7, 11) is 0. The number of rotatable bonds is 6. The first kappa shape index (κ1) is 15.2. The molecule has 0 fully saturated rings. The van der Waals surface area contributed by atoms with Crippen LogP contribution in [0.1, 0.15) is 42.5 Å². The lowest BCUT2D eigenvalue weighted by atomic mass is 9.89. The molecule has 2 nitrogen and oxygen atoms in total. The third-order valence-electron chi connectivity index (χ3n) is 3.69. The van der Waals surface area contributed by atoms with Gasteiger partial charge in [0.25, 0.3) is 0 Å². The highest BCUT2D eigenvalue weighted by Gasteiger charge is 2.16. The van der Waals surface area contributed by atoms with Gasteiger partial charge in [0, 0.05) is 13.1 Å². The summed E-state index contributed by atoms with van der Waals surface area (Å²) in [5.74, 6) is 0. The predicted octanol–water partition coefficient (Wildman–Crippen LogP) is 3.08. The summed E-state index contributed by atoms with van der Waals surface area (Å²) in [6, 6.07) is 4.57. The van der Waals surface area contributed by atoms with Crippen molar-refractivity contribution in [2.45, 2.75) is 47.6 Å². The molecule has 0 amide bonds. The highest BCUT2D eigenvalue weighted by molar-refractivity contribution is 5.36. The molecule has 0 aliphatic heterocycles. The minimum Gasteiger partial charge on any atom is -0.330 e. The van der Waals surface area contributed by atoms with Crippen LogP contribution in [0.5, 0.6) is 0 Å². The lowest BCUT2D eigenvalue weighted by Gasteiger charge is -2.24. The van der Waals surface area contributed by atoms with Crippen LogP contribution < -0.4 is 11.1 Å². The van der Waals surface area contributed by atoms with Crippen LogP contribution in [0.2, 0.25) is 0 Å². The van der Waals surface area contributed by atoms with Gasteiger partial charge in [-0.1, -0.05) is 26.0 Å². The third kappa shape index (κ3) is 4.43. The Kier molecular flexibility index (Phi) is 5.36. The van der Waals surface area contributed by atoms with Crippen molar-refractivity contribution in [1.29, 1.82) is 0 Å². The Bertz CT molecular complexity index is 394. The number of nitrogens with one attached hydrogen (secondary N) is 1. The molecule has 0 aromatic heterocycles. The van der Waals surface area contributed by atoms with Crippen LogP contribution in [0, 0.1) is 26.2 Å². The number of hydrogen-bond acceptors (Lipinski definition) is 2. The first-order chi connectivity index (χ1) is 8.35. The average molecular weight is 248 g/mol. The van der Waals surface area contributed by atoms with Crippen LogP contribution in [0.3, 0.4) is 0 Å². The topological polar surface area (TPSA) is 38.0 Å². The number of aryl methyl sites for hydroxylation is 3. The molecule has 0 bridgehead atoms. The Morgan fingerprint density at radius 1 is 1.06 bits per heavy atom. The van der Waals surface area contributed by atoms with E-state index in [1.165, 1.54) is 22.3 Å². The maximum Gasteiger partial charge on any atom is 0.0208 e. The predicted molar refractivity (Wildman–Crippen MR) is 79.8 cm³/mol. The Hall–Kier alpha value is -0.860. The zero-order valence-corrected chi connectivity index (χ0v) is 12.6. The highest BCUT2D eigenvalue weighted by Crippen LogP contribution is 2.19. The van der Waals surface area contributed by atoms with Crippen LogP contribution in [0.25, 0.3) is 0 Å². The smallest absolute Gasteiger partial charge is 0.0208 e. The van der Waals surface area contributed by atoms with E-state index in [-0.39, 0.29) is 5.41 Å². The molecule has 1 rings (SSSR count). The number of nitrogens with two attached hydrogens (primary N) is 1. The molecule has 0 atom stereocenters. The summed E-state index contributed by atoms with van der Waals surface area (Å²) in [5.41, 5.74) is 11.4. The van der Waals surface area contributed by atoms with E-state index >= 15 is 0 Å². The average Bonchev–Trinajstić information content (AvgIpc) is 2.25. The first-order valence-corrected chi connectivity index (χ1v) is 6.83. The van der Waals surface area contributed by atoms with Crippen molar-refractivity contribution in [2.24, 2.45) is 11.1 Å². The van der Waals surface area contributed by atoms with Crippen LogP contribution in [0.4, 0.5) is 0 Å². The molecule has 102 valence electrons. The monoisotopic (exact) mass is 248 g/mol. The van der Waals surface area contributed by atoms with E-state index in [9.17, 15) is 0 Å². The van der Waals surface area contributed by atoms with Crippen molar-refractivity contribution < 1.29 is 0 Å². The summed E-state index contributed by atoms with van der Waals surface area (Å²) in [5, 5.41) is 3.56. The van der Waals surface area contributed by atoms with E-state index in [2.05, 4.69) is 52.1 Å². The van der Waals surface area contributed by atoms with E-state index in [0.717, 1.165) is 26.1 Å². The summed E-state index contributed by atoms with van der Waals surface area (Å²) < 4.78 is 0. The SMILES string of the molecule is Cc1cc(C)c(CNCC(C)(C)CCN)cc1C. The van der Waals surface area contributed by atoms with Crippen molar-refractivity contribution in [2.75, 3.05) is 13.1 Å². The lowest BCUT2D eigenvalue weighted by molar-refractivity contribution is 0.319. The number of hydrogen-bond donors (Lipinski definition) is 2. The van der Waals surface area contributed by atoms with Gasteiger partial charge in [-0.05, 0) is 61.4 Å². The van der Waals surface area contributed by atoms with Gasteiger partial charge in [-0.2, -0.15) is 0 Å². The normalized spacial score (nSPS) is 11.9. The van der Waals surface area contributed by atoms with Gasteiger partial charge in [0.2, 0.25) is 0 Å². The quantitative estimate of drug-likeness (QED) is 0.812. The van der Waals surface area contributed by atoms with Gasteiger partial charge in [-0.25, -0.2) is 0 Å². The van der Waals surface area contributed by atoms with Crippen LogP contribution in [0.15, 0.2) is 12.1 Å². The Labute approximate surface area is 112 Å². The van der Waals surface area contributed by atoms with E-state index < -0.39 is 0 Å². The maximum absolute atomic E-state index is 5.63. The summed E-state index contributed by atoms with van der Waals surface area (Å²) in [6.45, 7) is 13.8. The fourth-order valence-corrected chi connectivity index (χ4v) is 2.23. The molecular formula is C16H28N2. The minimum atomic E-state index is 0.280. The molecule has 0 unspecified atom stereocenters. The van der Waals surface area contributed by atoms with Crippen molar-refractivity contribution in [3.05, 3.63) is 34.4 Å². The molecule has 0 aliphatic carbocycles. The second-order valence-corrected chi connectivity index (χ2v) is 6.17. The number of benzene rings is 1. The van der Waals surface area contributed by atoms with Crippen molar-refractivity contribution >= 4 is 0 Å². The molecule has 0 aliphatic rings. The maximum atomic E-state index is 5.63.